The van der Waals surface area contributed by atoms with Gasteiger partial charge in [0.2, 0.25) is 0 Å². The average molecular weight is 215 g/mol. The summed E-state index contributed by atoms with van der Waals surface area (Å²) >= 11 is 12.1. The van der Waals surface area contributed by atoms with Crippen molar-refractivity contribution in [2.24, 2.45) is 35.5 Å². The summed E-state index contributed by atoms with van der Waals surface area (Å²) in [5.74, 6) is 7.41. The molecular weight excluding hydrogens is 203 g/mol. The van der Waals surface area contributed by atoms with E-state index < -0.39 is 0 Å². The highest BCUT2D eigenvalue weighted by Gasteiger charge is 2.76. The lowest BCUT2D eigenvalue weighted by Crippen LogP contribution is -2.08. The van der Waals surface area contributed by atoms with Gasteiger partial charge in [-0.1, -0.05) is 11.1 Å². The third kappa shape index (κ3) is 0.612. The van der Waals surface area contributed by atoms with Crippen LogP contribution in [0.1, 0.15) is 6.42 Å². The zero-order chi connectivity index (χ0) is 8.74. The van der Waals surface area contributed by atoms with Crippen LogP contribution in [0.25, 0.3) is 0 Å². The van der Waals surface area contributed by atoms with E-state index in [-0.39, 0.29) is 0 Å². The quantitative estimate of drug-likeness (QED) is 0.490. The predicted octanol–water partition coefficient (Wildman–Crippen LogP) is 2.90. The molecule has 4 saturated carbocycles. The first-order valence-electron chi connectivity index (χ1n) is 5.22. The second-order valence-electron chi connectivity index (χ2n) is 5.09. The van der Waals surface area contributed by atoms with Crippen molar-refractivity contribution in [3.8, 4) is 0 Å². The minimum absolute atomic E-state index is 0.746. The fraction of sp³-hybridized carbons (Fsp3) is 0.818. The topological polar surface area (TPSA) is 0 Å². The largest absolute Gasteiger partial charge is 0.122 e. The van der Waals surface area contributed by atoms with Gasteiger partial charge in [0.25, 0.3) is 0 Å². The predicted molar refractivity (Wildman–Crippen MR) is 54.0 cm³/mol. The van der Waals surface area contributed by atoms with Crippen LogP contribution in [-0.2, 0) is 0 Å². The number of rotatable bonds is 2. The van der Waals surface area contributed by atoms with Crippen LogP contribution in [-0.4, -0.2) is 11.8 Å². The second kappa shape index (κ2) is 2.12. The van der Waals surface area contributed by atoms with Crippen molar-refractivity contribution in [1.82, 2.24) is 0 Å². The summed E-state index contributed by atoms with van der Waals surface area (Å²) in [6.07, 6.45) is 1.49. The van der Waals surface area contributed by atoms with E-state index in [1.807, 2.05) is 0 Å². The molecule has 13 heavy (non-hydrogen) atoms. The lowest BCUT2D eigenvalue weighted by atomic mass is 9.94. The Morgan fingerprint density at radius 2 is 1.46 bits per heavy atom. The molecule has 0 spiro atoms. The molecule has 2 heteroatoms. The molecule has 0 aromatic carbocycles. The monoisotopic (exact) mass is 214 g/mol. The third-order valence-corrected chi connectivity index (χ3v) is 5.67. The second-order valence-corrected chi connectivity index (χ2v) is 5.62. The Morgan fingerprint density at radius 1 is 0.923 bits per heavy atom. The van der Waals surface area contributed by atoms with Crippen LogP contribution in [0.5, 0.6) is 0 Å². The molecule has 0 saturated heterocycles. The molecule has 5 rings (SSSR count). The van der Waals surface area contributed by atoms with Gasteiger partial charge < -0.3 is 0 Å². The number of hydrogen-bond donors (Lipinski definition) is 0. The molecule has 5 aliphatic carbocycles. The van der Waals surface area contributed by atoms with Crippen molar-refractivity contribution in [1.29, 1.82) is 0 Å². The van der Waals surface area contributed by atoms with E-state index in [2.05, 4.69) is 0 Å². The molecule has 4 fully saturated rings. The first-order valence-corrected chi connectivity index (χ1v) is 6.29. The zero-order valence-electron chi connectivity index (χ0n) is 7.34. The Hall–Kier alpha value is 0.320. The summed E-state index contributed by atoms with van der Waals surface area (Å²) in [5.41, 5.74) is 3.10. The standard InChI is InChI=1S/C11H12Cl2/c12-2-6-7(3-13)9-4-1-5-10(8(4)6)11(5)9/h4-5,8-11H,1-3H2/t4?,5?,8-,9+,10-,11+. The van der Waals surface area contributed by atoms with Crippen molar-refractivity contribution < 1.29 is 0 Å². The summed E-state index contributed by atoms with van der Waals surface area (Å²) < 4.78 is 0. The minimum atomic E-state index is 0.746. The van der Waals surface area contributed by atoms with Gasteiger partial charge in [-0.3, -0.25) is 0 Å². The van der Waals surface area contributed by atoms with Crippen LogP contribution in [0.15, 0.2) is 11.1 Å². The SMILES string of the molecule is ClCC1=C(CCl)[C@H]2C3CC4[C@H]([C@H]42)[C@H]13. The number of halogens is 2. The van der Waals surface area contributed by atoms with Gasteiger partial charge in [-0.05, 0) is 41.9 Å². The Balaban J connectivity index is 1.86. The summed E-state index contributed by atoms with van der Waals surface area (Å²) in [7, 11) is 0. The molecule has 2 unspecified atom stereocenters. The van der Waals surface area contributed by atoms with E-state index in [1.54, 1.807) is 11.1 Å². The molecule has 0 N–H and O–H groups in total. The zero-order valence-corrected chi connectivity index (χ0v) is 8.85. The summed E-state index contributed by atoms with van der Waals surface area (Å²) in [4.78, 5) is 0. The van der Waals surface area contributed by atoms with Crippen molar-refractivity contribution >= 4 is 23.2 Å². The lowest BCUT2D eigenvalue weighted by molar-refractivity contribution is 0.454. The van der Waals surface area contributed by atoms with Crippen molar-refractivity contribution in [3.63, 3.8) is 0 Å². The molecule has 0 aromatic heterocycles. The van der Waals surface area contributed by atoms with E-state index in [1.165, 1.54) is 6.42 Å². The van der Waals surface area contributed by atoms with Gasteiger partial charge in [-0.15, -0.1) is 23.2 Å². The maximum atomic E-state index is 6.03. The molecule has 6 atom stereocenters. The summed E-state index contributed by atoms with van der Waals surface area (Å²) in [6.45, 7) is 0. The molecule has 0 radical (unpaired) electrons. The summed E-state index contributed by atoms with van der Waals surface area (Å²) in [5, 5.41) is 0. The molecule has 5 aliphatic rings. The molecule has 0 nitrogen and oxygen atoms in total. The van der Waals surface area contributed by atoms with Gasteiger partial charge in [0.15, 0.2) is 0 Å². The van der Waals surface area contributed by atoms with Gasteiger partial charge >= 0.3 is 0 Å². The average Bonchev–Trinajstić information content (AvgIpc) is 2.59. The first kappa shape index (κ1) is 7.59. The van der Waals surface area contributed by atoms with Crippen LogP contribution < -0.4 is 0 Å². The fourth-order valence-electron chi connectivity index (χ4n) is 4.92. The highest BCUT2D eigenvalue weighted by atomic mass is 35.5. The Kier molecular flexibility index (Phi) is 1.24. The van der Waals surface area contributed by atoms with E-state index in [4.69, 9.17) is 23.2 Å². The molecule has 70 valence electrons. The highest BCUT2D eigenvalue weighted by Crippen LogP contribution is 2.81. The van der Waals surface area contributed by atoms with Crippen LogP contribution in [0.4, 0.5) is 0 Å². The van der Waals surface area contributed by atoms with E-state index in [9.17, 15) is 0 Å². The Labute approximate surface area is 88.3 Å². The fourth-order valence-corrected chi connectivity index (χ4v) is 5.61. The van der Waals surface area contributed by atoms with E-state index >= 15 is 0 Å². The molecular formula is C11H12Cl2. The molecule has 6 bridgehead atoms. The van der Waals surface area contributed by atoms with Crippen molar-refractivity contribution in [3.05, 3.63) is 11.1 Å². The maximum Gasteiger partial charge on any atom is 0.0439 e. The normalized spacial score (nSPS) is 59.5. The van der Waals surface area contributed by atoms with Gasteiger partial charge in [-0.25, -0.2) is 0 Å². The Bertz CT molecular complexity index is 292. The van der Waals surface area contributed by atoms with E-state index in [0.29, 0.717) is 0 Å². The first-order chi connectivity index (χ1) is 6.38. The summed E-state index contributed by atoms with van der Waals surface area (Å²) in [6, 6.07) is 0. The Morgan fingerprint density at radius 3 is 1.85 bits per heavy atom. The van der Waals surface area contributed by atoms with Gasteiger partial charge in [0.1, 0.15) is 0 Å². The van der Waals surface area contributed by atoms with Gasteiger partial charge in [0.05, 0.1) is 0 Å². The number of alkyl halides is 2. The lowest BCUT2D eigenvalue weighted by Gasteiger charge is -2.15. The molecule has 0 amide bonds. The number of allylic oxidation sites excluding steroid dienone is 2. The van der Waals surface area contributed by atoms with E-state index in [0.717, 1.165) is 47.3 Å². The van der Waals surface area contributed by atoms with Crippen molar-refractivity contribution in [2.45, 2.75) is 6.42 Å². The van der Waals surface area contributed by atoms with Crippen LogP contribution >= 0.6 is 23.2 Å². The van der Waals surface area contributed by atoms with Gasteiger partial charge in [-0.2, -0.15) is 0 Å². The van der Waals surface area contributed by atoms with Crippen LogP contribution in [0, 0.1) is 35.5 Å². The third-order valence-electron chi connectivity index (χ3n) is 5.09. The highest BCUT2D eigenvalue weighted by molar-refractivity contribution is 6.21. The molecule has 0 aromatic rings. The molecule has 0 heterocycles. The molecule has 0 aliphatic heterocycles. The minimum Gasteiger partial charge on any atom is -0.122 e. The number of hydrogen-bond acceptors (Lipinski definition) is 0. The maximum absolute atomic E-state index is 6.03. The van der Waals surface area contributed by atoms with Crippen LogP contribution in [0.3, 0.4) is 0 Å². The smallest absolute Gasteiger partial charge is 0.0439 e. The van der Waals surface area contributed by atoms with Gasteiger partial charge in [0, 0.05) is 11.8 Å². The van der Waals surface area contributed by atoms with Crippen LogP contribution in [0.2, 0.25) is 0 Å². The van der Waals surface area contributed by atoms with Crippen molar-refractivity contribution in [2.75, 3.05) is 11.8 Å².